The van der Waals surface area contributed by atoms with E-state index in [9.17, 15) is 8.42 Å². The van der Waals surface area contributed by atoms with E-state index in [1.54, 1.807) is 30.4 Å². The van der Waals surface area contributed by atoms with Crippen molar-refractivity contribution in [3.8, 4) is 5.75 Å². The molecule has 154 valence electrons. The van der Waals surface area contributed by atoms with Crippen LogP contribution in [0.3, 0.4) is 0 Å². The molecule has 0 aliphatic carbocycles. The zero-order valence-electron chi connectivity index (χ0n) is 16.2. The van der Waals surface area contributed by atoms with Gasteiger partial charge in [-0.1, -0.05) is 30.4 Å². The number of benzene rings is 1. The molecule has 0 saturated carbocycles. The summed E-state index contributed by atoms with van der Waals surface area (Å²) in [6.07, 6.45) is 3.50. The maximum absolute atomic E-state index is 10.1. The van der Waals surface area contributed by atoms with Crippen molar-refractivity contribution in [1.29, 1.82) is 0 Å². The van der Waals surface area contributed by atoms with Crippen LogP contribution < -0.4 is 4.18 Å². The van der Waals surface area contributed by atoms with E-state index in [0.717, 1.165) is 13.2 Å². The fraction of sp³-hybridized carbons (Fsp3) is 0.444. The molecule has 1 rings (SSSR count). The van der Waals surface area contributed by atoms with Gasteiger partial charge in [0.2, 0.25) is 0 Å². The average Bonchev–Trinajstić information content (AvgIpc) is 2.57. The van der Waals surface area contributed by atoms with Crippen LogP contribution in [0, 0.1) is 0 Å². The molecule has 26 heavy (non-hydrogen) atoms. The van der Waals surface area contributed by atoms with Crippen molar-refractivity contribution in [3.05, 3.63) is 55.6 Å². The Morgan fingerprint density at radius 1 is 0.962 bits per heavy atom. The predicted octanol–water partition coefficient (Wildman–Crippen LogP) is 3.27. The second-order valence-electron chi connectivity index (χ2n) is 3.87. The molecule has 0 fully saturated rings. The van der Waals surface area contributed by atoms with Crippen LogP contribution in [0.4, 0.5) is 0 Å². The van der Waals surface area contributed by atoms with E-state index in [0.29, 0.717) is 0 Å². The lowest BCUT2D eigenvalue weighted by Gasteiger charge is -1.98. The first kappa shape index (κ1) is 32.0. The maximum Gasteiger partial charge on any atom is 0.446 e. The average molecular weight is 395 g/mol. The van der Waals surface area contributed by atoms with Crippen LogP contribution in [0.1, 0.15) is 27.7 Å². The molecule has 7 nitrogen and oxygen atoms in total. The van der Waals surface area contributed by atoms with E-state index < -0.39 is 10.4 Å². The van der Waals surface area contributed by atoms with Gasteiger partial charge < -0.3 is 19.1 Å². The van der Waals surface area contributed by atoms with E-state index >= 15 is 0 Å². The highest BCUT2D eigenvalue weighted by molar-refractivity contribution is 7.81. The summed E-state index contributed by atoms with van der Waals surface area (Å²) < 4.78 is 37.5. The lowest BCUT2D eigenvalue weighted by atomic mass is 10.3. The number of hydrogen-bond acceptors (Lipinski definition) is 6. The van der Waals surface area contributed by atoms with Crippen molar-refractivity contribution in [1.82, 2.24) is 0 Å². The smallest absolute Gasteiger partial charge is 0.394 e. The number of aliphatic hydroxyl groups excluding tert-OH is 2. The van der Waals surface area contributed by atoms with E-state index in [2.05, 4.69) is 17.3 Å². The quantitative estimate of drug-likeness (QED) is 0.519. The Balaban J connectivity index is -0.000000136. The van der Waals surface area contributed by atoms with E-state index in [-0.39, 0.29) is 19.0 Å². The summed E-state index contributed by atoms with van der Waals surface area (Å²) in [5, 5.41) is 15.2. The largest absolute Gasteiger partial charge is 0.446 e. The van der Waals surface area contributed by atoms with Crippen LogP contribution in [0.25, 0.3) is 0 Å². The van der Waals surface area contributed by atoms with Crippen molar-refractivity contribution in [2.75, 3.05) is 26.4 Å². The third-order valence-corrected chi connectivity index (χ3v) is 1.86. The normalized spacial score (nSPS) is 8.42. The number of allylic oxidation sites excluding steroid dienone is 2. The molecule has 0 heterocycles. The number of para-hydroxylation sites is 1. The molecule has 3 N–H and O–H groups in total. The van der Waals surface area contributed by atoms with Gasteiger partial charge in [0.05, 0.1) is 13.2 Å². The number of aliphatic hydroxyl groups is 2. The monoisotopic (exact) mass is 394 g/mol. The summed E-state index contributed by atoms with van der Waals surface area (Å²) in [5.41, 5.74) is 0. The fourth-order valence-electron chi connectivity index (χ4n) is 0.802. The molecule has 0 aromatic heterocycles. The standard InChI is InChI=1S/C6H6O4S.C4H10O.2C3H6.C2H6O2/c7-11(8,9)10-6-4-2-1-3-5-6;1-3-5-4-2;2*1-3-2;3-1-2-4/h1-5H,(H,7,8,9);3-4H2,1-2H3;2*3H,1H2,2H3;3-4H,1-2H2. The summed E-state index contributed by atoms with van der Waals surface area (Å²) in [7, 11) is -4.38. The topological polar surface area (TPSA) is 113 Å². The summed E-state index contributed by atoms with van der Waals surface area (Å²) >= 11 is 0. The molecule has 0 saturated heterocycles. The lowest BCUT2D eigenvalue weighted by molar-refractivity contribution is 0.162. The second-order valence-corrected chi connectivity index (χ2v) is 4.89. The van der Waals surface area contributed by atoms with Gasteiger partial charge >= 0.3 is 10.4 Å². The second kappa shape index (κ2) is 28.1. The molecule has 1 aromatic carbocycles. The Kier molecular flexibility index (Phi) is 34.6. The summed E-state index contributed by atoms with van der Waals surface area (Å²) in [6, 6.07) is 7.75. The molecule has 8 heteroatoms. The zero-order valence-corrected chi connectivity index (χ0v) is 17.0. The SMILES string of the molecule is C=CC.C=CC.CCOCC.O=S(=O)(O)Oc1ccccc1.OCCO. The van der Waals surface area contributed by atoms with Crippen LogP contribution in [-0.2, 0) is 15.1 Å². The van der Waals surface area contributed by atoms with Gasteiger partial charge in [-0.2, -0.15) is 8.42 Å². The molecule has 0 bridgehead atoms. The lowest BCUT2D eigenvalue weighted by Crippen LogP contribution is -2.06. The molecule has 0 atom stereocenters. The molecule has 0 aliphatic heterocycles. The molecular weight excluding hydrogens is 360 g/mol. The molecule has 0 unspecified atom stereocenters. The first-order valence-corrected chi connectivity index (χ1v) is 9.26. The van der Waals surface area contributed by atoms with E-state index in [1.807, 2.05) is 27.7 Å². The first-order valence-electron chi connectivity index (χ1n) is 7.89. The van der Waals surface area contributed by atoms with Gasteiger partial charge in [-0.25, -0.2) is 0 Å². The van der Waals surface area contributed by atoms with Crippen molar-refractivity contribution in [2.24, 2.45) is 0 Å². The number of ether oxygens (including phenoxy) is 1. The highest BCUT2D eigenvalue weighted by atomic mass is 32.3. The van der Waals surface area contributed by atoms with Crippen LogP contribution >= 0.6 is 0 Å². The highest BCUT2D eigenvalue weighted by Gasteiger charge is 2.04. The van der Waals surface area contributed by atoms with Gasteiger partial charge in [0.25, 0.3) is 0 Å². The molecule has 0 radical (unpaired) electrons. The maximum atomic E-state index is 10.1. The highest BCUT2D eigenvalue weighted by Crippen LogP contribution is 2.09. The molecule has 1 aromatic rings. The Morgan fingerprint density at radius 2 is 1.31 bits per heavy atom. The summed E-state index contributed by atoms with van der Waals surface area (Å²) in [5.74, 6) is 0.0926. The van der Waals surface area contributed by atoms with Gasteiger partial charge in [-0.15, -0.1) is 13.2 Å². The predicted molar refractivity (Wildman–Crippen MR) is 107 cm³/mol. The minimum absolute atomic E-state index is 0.0926. The fourth-order valence-corrected chi connectivity index (χ4v) is 1.16. The molecule has 0 amide bonds. The Bertz CT molecular complexity index is 464. The van der Waals surface area contributed by atoms with Crippen LogP contribution in [0.5, 0.6) is 5.75 Å². The van der Waals surface area contributed by atoms with Gasteiger partial charge in [0.15, 0.2) is 0 Å². The number of rotatable bonds is 5. The molecular formula is C18H34O7S. The Hall–Kier alpha value is -1.71. The van der Waals surface area contributed by atoms with Crippen molar-refractivity contribution >= 4 is 10.4 Å². The minimum Gasteiger partial charge on any atom is -0.394 e. The third-order valence-electron chi connectivity index (χ3n) is 1.45. The van der Waals surface area contributed by atoms with Crippen molar-refractivity contribution in [2.45, 2.75) is 27.7 Å². The molecule has 0 aliphatic rings. The van der Waals surface area contributed by atoms with Crippen molar-refractivity contribution < 1.29 is 32.1 Å². The number of hydrogen-bond donors (Lipinski definition) is 3. The first-order chi connectivity index (χ1) is 12.2. The van der Waals surface area contributed by atoms with Gasteiger partial charge in [-0.3, -0.25) is 4.55 Å². The van der Waals surface area contributed by atoms with Gasteiger partial charge in [-0.05, 0) is 39.8 Å². The summed E-state index contributed by atoms with van der Waals surface area (Å²) in [4.78, 5) is 0. The van der Waals surface area contributed by atoms with Gasteiger partial charge in [0.1, 0.15) is 5.75 Å². The van der Waals surface area contributed by atoms with E-state index in [4.69, 9.17) is 19.5 Å². The van der Waals surface area contributed by atoms with Gasteiger partial charge in [0, 0.05) is 13.2 Å². The van der Waals surface area contributed by atoms with E-state index in [1.165, 1.54) is 12.1 Å². The third kappa shape index (κ3) is 49.5. The Labute approximate surface area is 158 Å². The summed E-state index contributed by atoms with van der Waals surface area (Å²) in [6.45, 7) is 15.9. The van der Waals surface area contributed by atoms with Crippen LogP contribution in [0.15, 0.2) is 55.6 Å². The van der Waals surface area contributed by atoms with Crippen LogP contribution in [-0.4, -0.2) is 49.6 Å². The van der Waals surface area contributed by atoms with Crippen LogP contribution in [0.2, 0.25) is 0 Å². The zero-order chi connectivity index (χ0) is 21.3. The molecule has 0 spiro atoms. The minimum atomic E-state index is -4.38. The van der Waals surface area contributed by atoms with Crippen molar-refractivity contribution in [3.63, 3.8) is 0 Å². The Morgan fingerprint density at radius 3 is 1.50 bits per heavy atom.